The Labute approximate surface area is 71.1 Å². The summed E-state index contributed by atoms with van der Waals surface area (Å²) in [4.78, 5) is 10.6. The summed E-state index contributed by atoms with van der Waals surface area (Å²) in [7, 11) is 1.22. The summed E-state index contributed by atoms with van der Waals surface area (Å²) in [6, 6.07) is 0.613. The first-order chi connectivity index (χ1) is 5.82. The van der Waals surface area contributed by atoms with E-state index in [0.29, 0.717) is 6.07 Å². The Morgan fingerprint density at radius 1 is 1.62 bits per heavy atom. The third-order valence-corrected chi connectivity index (χ3v) is 1.42. The Morgan fingerprint density at radius 2 is 2.15 bits per heavy atom. The van der Waals surface area contributed by atoms with Crippen LogP contribution in [-0.2, 0) is 13.2 Å². The van der Waals surface area contributed by atoms with Gasteiger partial charge in [-0.3, -0.25) is 9.48 Å². The lowest BCUT2D eigenvalue weighted by molar-refractivity contribution is -0.141. The molecule has 1 heterocycles. The molecule has 13 heavy (non-hydrogen) atoms. The molecule has 1 aromatic rings. The van der Waals surface area contributed by atoms with Gasteiger partial charge in [0.2, 0.25) is 0 Å². The maximum absolute atomic E-state index is 12.0. The van der Waals surface area contributed by atoms with Crippen molar-refractivity contribution in [2.45, 2.75) is 6.18 Å². The number of nitrogens with zero attached hydrogens (tertiary/aromatic N) is 2. The fourth-order valence-electron chi connectivity index (χ4n) is 0.836. The van der Waals surface area contributed by atoms with Crippen LogP contribution in [0.5, 0.6) is 0 Å². The van der Waals surface area contributed by atoms with Gasteiger partial charge in [-0.05, 0) is 0 Å². The number of hydrogen-bond acceptors (Lipinski definition) is 2. The second kappa shape index (κ2) is 2.75. The molecule has 0 aromatic carbocycles. The predicted octanol–water partition coefficient (Wildman–Crippen LogP) is 0.538. The quantitative estimate of drug-likeness (QED) is 0.707. The molecule has 7 heteroatoms. The number of rotatable bonds is 1. The van der Waals surface area contributed by atoms with Crippen LogP contribution in [0.1, 0.15) is 16.2 Å². The normalized spacial score (nSPS) is 11.7. The predicted molar refractivity (Wildman–Crippen MR) is 36.7 cm³/mol. The summed E-state index contributed by atoms with van der Waals surface area (Å²) in [5, 5.41) is 3.09. The number of primary amides is 1. The highest BCUT2D eigenvalue weighted by Crippen LogP contribution is 2.28. The fourth-order valence-corrected chi connectivity index (χ4v) is 0.836. The standard InChI is InChI=1S/C6H6F3N3O/c1-12-3(5(10)13)2-4(11-12)6(7,8)9/h2H,1H3,(H2,10,13). The molecular formula is C6H6F3N3O. The molecule has 0 saturated carbocycles. The summed E-state index contributed by atoms with van der Waals surface area (Å²) >= 11 is 0. The number of aromatic nitrogens is 2. The minimum absolute atomic E-state index is 0.271. The fraction of sp³-hybridized carbons (Fsp3) is 0.333. The average Bonchev–Trinajstić information content (AvgIpc) is 2.29. The van der Waals surface area contributed by atoms with Crippen molar-refractivity contribution in [3.63, 3.8) is 0 Å². The zero-order valence-electron chi connectivity index (χ0n) is 6.59. The van der Waals surface area contributed by atoms with Crippen molar-refractivity contribution in [2.24, 2.45) is 12.8 Å². The van der Waals surface area contributed by atoms with Crippen LogP contribution in [0.3, 0.4) is 0 Å². The van der Waals surface area contributed by atoms with Gasteiger partial charge >= 0.3 is 6.18 Å². The van der Waals surface area contributed by atoms with Gasteiger partial charge in [-0.15, -0.1) is 0 Å². The molecule has 4 nitrogen and oxygen atoms in total. The van der Waals surface area contributed by atoms with Crippen molar-refractivity contribution >= 4 is 5.91 Å². The van der Waals surface area contributed by atoms with Gasteiger partial charge < -0.3 is 5.73 Å². The molecule has 1 aromatic heterocycles. The Kier molecular flexibility index (Phi) is 2.02. The van der Waals surface area contributed by atoms with Crippen LogP contribution in [0.25, 0.3) is 0 Å². The summed E-state index contributed by atoms with van der Waals surface area (Å²) in [5.41, 5.74) is 3.41. The van der Waals surface area contributed by atoms with Crippen LogP contribution in [0.2, 0.25) is 0 Å². The summed E-state index contributed by atoms with van der Waals surface area (Å²) in [6.45, 7) is 0. The highest BCUT2D eigenvalue weighted by atomic mass is 19.4. The van der Waals surface area contributed by atoms with Crippen molar-refractivity contribution in [2.75, 3.05) is 0 Å². The van der Waals surface area contributed by atoms with Gasteiger partial charge in [0.05, 0.1) is 0 Å². The lowest BCUT2D eigenvalue weighted by Crippen LogP contribution is -2.15. The third kappa shape index (κ3) is 1.79. The van der Waals surface area contributed by atoms with E-state index in [9.17, 15) is 18.0 Å². The van der Waals surface area contributed by atoms with E-state index in [4.69, 9.17) is 5.73 Å². The summed E-state index contributed by atoms with van der Waals surface area (Å²) in [6.07, 6.45) is -4.55. The number of amides is 1. The molecule has 0 unspecified atom stereocenters. The maximum Gasteiger partial charge on any atom is 0.435 e. The van der Waals surface area contributed by atoms with Gasteiger partial charge in [0.15, 0.2) is 5.69 Å². The Hall–Kier alpha value is -1.53. The van der Waals surface area contributed by atoms with Gasteiger partial charge in [0.25, 0.3) is 5.91 Å². The summed E-state index contributed by atoms with van der Waals surface area (Å²) < 4.78 is 36.8. The zero-order valence-corrected chi connectivity index (χ0v) is 6.59. The average molecular weight is 193 g/mol. The van der Waals surface area contributed by atoms with Crippen LogP contribution in [-0.4, -0.2) is 15.7 Å². The van der Waals surface area contributed by atoms with Gasteiger partial charge in [-0.1, -0.05) is 0 Å². The topological polar surface area (TPSA) is 60.9 Å². The lowest BCUT2D eigenvalue weighted by atomic mass is 10.3. The van der Waals surface area contributed by atoms with Crippen LogP contribution in [0.15, 0.2) is 6.07 Å². The van der Waals surface area contributed by atoms with Gasteiger partial charge in [-0.25, -0.2) is 0 Å². The SMILES string of the molecule is Cn1nc(C(F)(F)F)cc1C(N)=O. The largest absolute Gasteiger partial charge is 0.435 e. The number of nitrogens with two attached hydrogens (primary N) is 1. The van der Waals surface area contributed by atoms with E-state index >= 15 is 0 Å². The number of alkyl halides is 3. The van der Waals surface area contributed by atoms with E-state index in [1.807, 2.05) is 0 Å². The van der Waals surface area contributed by atoms with Crippen molar-refractivity contribution in [1.29, 1.82) is 0 Å². The Bertz CT molecular complexity index is 341. The van der Waals surface area contributed by atoms with Gasteiger partial charge in [0, 0.05) is 13.1 Å². The Morgan fingerprint density at radius 3 is 2.38 bits per heavy atom. The molecule has 0 aliphatic rings. The van der Waals surface area contributed by atoms with Crippen LogP contribution in [0.4, 0.5) is 13.2 Å². The van der Waals surface area contributed by atoms with Crippen molar-refractivity contribution < 1.29 is 18.0 Å². The van der Waals surface area contributed by atoms with E-state index in [0.717, 1.165) is 4.68 Å². The van der Waals surface area contributed by atoms with E-state index < -0.39 is 17.8 Å². The first kappa shape index (κ1) is 9.56. The van der Waals surface area contributed by atoms with E-state index in [2.05, 4.69) is 5.10 Å². The van der Waals surface area contributed by atoms with Crippen LogP contribution < -0.4 is 5.73 Å². The van der Waals surface area contributed by atoms with Crippen molar-refractivity contribution in [1.82, 2.24) is 9.78 Å². The minimum atomic E-state index is -4.55. The Balaban J connectivity index is 3.17. The molecule has 2 N–H and O–H groups in total. The first-order valence-electron chi connectivity index (χ1n) is 3.23. The molecule has 1 amide bonds. The molecule has 0 spiro atoms. The zero-order chi connectivity index (χ0) is 10.2. The number of carbonyl (C=O) groups is 1. The van der Waals surface area contributed by atoms with Crippen LogP contribution >= 0.6 is 0 Å². The van der Waals surface area contributed by atoms with E-state index in [1.54, 1.807) is 0 Å². The molecule has 0 radical (unpaired) electrons. The smallest absolute Gasteiger partial charge is 0.364 e. The van der Waals surface area contributed by atoms with Gasteiger partial charge in [0.1, 0.15) is 5.69 Å². The molecular weight excluding hydrogens is 187 g/mol. The first-order valence-corrected chi connectivity index (χ1v) is 3.23. The molecule has 0 aliphatic heterocycles. The third-order valence-electron chi connectivity index (χ3n) is 1.42. The maximum atomic E-state index is 12.0. The van der Waals surface area contributed by atoms with Crippen molar-refractivity contribution in [3.8, 4) is 0 Å². The molecule has 1 rings (SSSR count). The molecule has 0 saturated heterocycles. The number of hydrogen-bond donors (Lipinski definition) is 1. The van der Waals surface area contributed by atoms with Gasteiger partial charge in [-0.2, -0.15) is 18.3 Å². The number of aryl methyl sites for hydroxylation is 1. The molecule has 72 valence electrons. The highest BCUT2D eigenvalue weighted by Gasteiger charge is 2.35. The van der Waals surface area contributed by atoms with E-state index in [1.165, 1.54) is 7.05 Å². The summed E-state index contributed by atoms with van der Waals surface area (Å²) in [5.74, 6) is -0.939. The van der Waals surface area contributed by atoms with Crippen LogP contribution in [0, 0.1) is 0 Å². The van der Waals surface area contributed by atoms with E-state index in [-0.39, 0.29) is 5.69 Å². The highest BCUT2D eigenvalue weighted by molar-refractivity contribution is 5.91. The van der Waals surface area contributed by atoms with Crippen molar-refractivity contribution in [3.05, 3.63) is 17.5 Å². The molecule has 0 bridgehead atoms. The monoisotopic (exact) mass is 193 g/mol. The molecule has 0 aliphatic carbocycles. The lowest BCUT2D eigenvalue weighted by Gasteiger charge is -1.98. The molecule has 0 atom stereocenters. The second-order valence-corrected chi connectivity index (χ2v) is 2.40. The minimum Gasteiger partial charge on any atom is -0.364 e. The second-order valence-electron chi connectivity index (χ2n) is 2.40. The number of carbonyl (C=O) groups excluding carboxylic acids is 1. The molecule has 0 fully saturated rings. The number of halogens is 3.